The van der Waals surface area contributed by atoms with Crippen LogP contribution in [-0.2, 0) is 30.4 Å². The molecule has 26 heavy (non-hydrogen) atoms. The summed E-state index contributed by atoms with van der Waals surface area (Å²) in [6, 6.07) is 16.6. The maximum absolute atomic E-state index is 12.2. The Kier molecular flexibility index (Phi) is 6.43. The minimum absolute atomic E-state index is 0.0191. The van der Waals surface area contributed by atoms with Gasteiger partial charge in [-0.1, -0.05) is 48.0 Å². The predicted octanol–water partition coefficient (Wildman–Crippen LogP) is 3.46. The van der Waals surface area contributed by atoms with E-state index in [1.807, 2.05) is 37.3 Å². The lowest BCUT2D eigenvalue weighted by Crippen LogP contribution is -2.22. The van der Waals surface area contributed by atoms with E-state index in [2.05, 4.69) is 0 Å². The van der Waals surface area contributed by atoms with Gasteiger partial charge in [0.15, 0.2) is 0 Å². The molecule has 140 valence electrons. The van der Waals surface area contributed by atoms with E-state index >= 15 is 0 Å². The first kappa shape index (κ1) is 19.0. The molecule has 2 aromatic carbocycles. The summed E-state index contributed by atoms with van der Waals surface area (Å²) >= 11 is 0. The van der Waals surface area contributed by atoms with Gasteiger partial charge in [-0.2, -0.15) is 8.42 Å². The molecule has 1 aliphatic heterocycles. The van der Waals surface area contributed by atoms with Gasteiger partial charge in [-0.05, 0) is 37.5 Å². The fourth-order valence-corrected chi connectivity index (χ4v) is 3.78. The van der Waals surface area contributed by atoms with Crippen molar-refractivity contribution in [2.75, 3.05) is 13.2 Å². The monoisotopic (exact) mass is 376 g/mol. The van der Waals surface area contributed by atoms with Gasteiger partial charge in [0.25, 0.3) is 10.1 Å². The van der Waals surface area contributed by atoms with E-state index in [-0.39, 0.29) is 23.7 Å². The third-order valence-electron chi connectivity index (χ3n) is 4.33. The van der Waals surface area contributed by atoms with Gasteiger partial charge < -0.3 is 9.47 Å². The van der Waals surface area contributed by atoms with Crippen LogP contribution in [-0.4, -0.2) is 33.8 Å². The molecule has 3 rings (SSSR count). The molecule has 0 N–H and O–H groups in total. The van der Waals surface area contributed by atoms with Crippen molar-refractivity contribution in [2.24, 2.45) is 0 Å². The summed E-state index contributed by atoms with van der Waals surface area (Å²) in [6.45, 7) is 2.98. The molecule has 5 nitrogen and oxygen atoms in total. The summed E-state index contributed by atoms with van der Waals surface area (Å²) in [6.07, 6.45) is 1.37. The van der Waals surface area contributed by atoms with Gasteiger partial charge in [0, 0.05) is 0 Å². The molecule has 2 atom stereocenters. The summed E-state index contributed by atoms with van der Waals surface area (Å²) < 4.78 is 41.1. The van der Waals surface area contributed by atoms with Crippen molar-refractivity contribution in [2.45, 2.75) is 43.5 Å². The molecular weight excluding hydrogens is 352 g/mol. The maximum atomic E-state index is 12.2. The lowest BCUT2D eigenvalue weighted by molar-refractivity contribution is -0.0312. The second-order valence-electron chi connectivity index (χ2n) is 6.51. The van der Waals surface area contributed by atoms with Gasteiger partial charge in [0.2, 0.25) is 0 Å². The van der Waals surface area contributed by atoms with Gasteiger partial charge in [-0.15, -0.1) is 0 Å². The normalized spacial score (nSPS) is 20.3. The van der Waals surface area contributed by atoms with E-state index in [1.54, 1.807) is 24.3 Å². The fraction of sp³-hybridized carbons (Fsp3) is 0.400. The summed E-state index contributed by atoms with van der Waals surface area (Å²) in [5.74, 6) is 0. The highest BCUT2D eigenvalue weighted by molar-refractivity contribution is 7.86. The summed E-state index contributed by atoms with van der Waals surface area (Å²) in [4.78, 5) is 0.170. The lowest BCUT2D eigenvalue weighted by Gasteiger charge is -2.14. The van der Waals surface area contributed by atoms with Crippen molar-refractivity contribution in [3.63, 3.8) is 0 Å². The van der Waals surface area contributed by atoms with Crippen molar-refractivity contribution in [1.29, 1.82) is 0 Å². The summed E-state index contributed by atoms with van der Waals surface area (Å²) in [5, 5.41) is 0. The molecule has 0 spiro atoms. The molecule has 0 radical (unpaired) electrons. The quantitative estimate of drug-likeness (QED) is 0.660. The van der Waals surface area contributed by atoms with Crippen LogP contribution in [0.5, 0.6) is 0 Å². The highest BCUT2D eigenvalue weighted by Crippen LogP contribution is 2.22. The Morgan fingerprint density at radius 1 is 0.962 bits per heavy atom. The summed E-state index contributed by atoms with van der Waals surface area (Å²) in [5.41, 5.74) is 2.12. The molecule has 1 fully saturated rings. The molecule has 0 aliphatic carbocycles. The Hall–Kier alpha value is -1.73. The van der Waals surface area contributed by atoms with E-state index in [0.29, 0.717) is 13.2 Å². The molecule has 2 aromatic rings. The Morgan fingerprint density at radius 2 is 1.62 bits per heavy atom. The zero-order chi connectivity index (χ0) is 18.4. The molecule has 1 unspecified atom stereocenters. The smallest absolute Gasteiger partial charge is 0.297 e. The largest absolute Gasteiger partial charge is 0.374 e. The standard InChI is InChI=1S/C20H24O5S/c1-16-7-11-20(12-8-16)26(21,22)24-15-19-10-9-18(25-19)14-23-13-17-5-3-2-4-6-17/h2-8,11-12,18-19H,9-10,13-15H2,1H3/t18-,19?/m0/s1. The van der Waals surface area contributed by atoms with E-state index in [1.165, 1.54) is 0 Å². The first-order chi connectivity index (χ1) is 12.5. The molecule has 1 saturated heterocycles. The van der Waals surface area contributed by atoms with Crippen LogP contribution < -0.4 is 0 Å². The van der Waals surface area contributed by atoms with Crippen molar-refractivity contribution < 1.29 is 22.1 Å². The average Bonchev–Trinajstić information content (AvgIpc) is 3.09. The number of aryl methyl sites for hydroxylation is 1. The third kappa shape index (κ3) is 5.38. The maximum Gasteiger partial charge on any atom is 0.297 e. The predicted molar refractivity (Wildman–Crippen MR) is 98.3 cm³/mol. The zero-order valence-electron chi connectivity index (χ0n) is 14.8. The number of ether oxygens (including phenoxy) is 2. The van der Waals surface area contributed by atoms with Crippen molar-refractivity contribution >= 4 is 10.1 Å². The molecule has 0 saturated carbocycles. The van der Waals surface area contributed by atoms with Gasteiger partial charge in [0.05, 0.1) is 36.9 Å². The van der Waals surface area contributed by atoms with Crippen molar-refractivity contribution in [3.05, 3.63) is 65.7 Å². The van der Waals surface area contributed by atoms with E-state index in [9.17, 15) is 8.42 Å². The van der Waals surface area contributed by atoms with Crippen LogP contribution in [0.1, 0.15) is 24.0 Å². The van der Waals surface area contributed by atoms with Gasteiger partial charge >= 0.3 is 0 Å². The lowest BCUT2D eigenvalue weighted by atomic mass is 10.2. The Bertz CT molecular complexity index is 787. The molecule has 1 aliphatic rings. The van der Waals surface area contributed by atoms with Crippen LogP contribution in [0.15, 0.2) is 59.5 Å². The molecule has 0 bridgehead atoms. The zero-order valence-corrected chi connectivity index (χ0v) is 15.7. The van der Waals surface area contributed by atoms with Crippen LogP contribution in [0.3, 0.4) is 0 Å². The number of hydrogen-bond acceptors (Lipinski definition) is 5. The highest BCUT2D eigenvalue weighted by Gasteiger charge is 2.27. The molecule has 1 heterocycles. The van der Waals surface area contributed by atoms with E-state index in [0.717, 1.165) is 24.0 Å². The van der Waals surface area contributed by atoms with Gasteiger partial charge in [-0.25, -0.2) is 0 Å². The third-order valence-corrected chi connectivity index (χ3v) is 5.63. The molecule has 0 aromatic heterocycles. The Morgan fingerprint density at radius 3 is 2.31 bits per heavy atom. The van der Waals surface area contributed by atoms with Crippen molar-refractivity contribution in [1.82, 2.24) is 0 Å². The summed E-state index contributed by atoms with van der Waals surface area (Å²) in [7, 11) is -3.75. The van der Waals surface area contributed by atoms with Crippen LogP contribution in [0.2, 0.25) is 0 Å². The first-order valence-electron chi connectivity index (χ1n) is 8.76. The molecular formula is C20H24O5S. The second-order valence-corrected chi connectivity index (χ2v) is 8.13. The van der Waals surface area contributed by atoms with E-state index < -0.39 is 10.1 Å². The Labute approximate surface area is 155 Å². The van der Waals surface area contributed by atoms with E-state index in [4.69, 9.17) is 13.7 Å². The minimum atomic E-state index is -3.75. The van der Waals surface area contributed by atoms with Crippen molar-refractivity contribution in [3.8, 4) is 0 Å². The average molecular weight is 376 g/mol. The number of rotatable bonds is 8. The highest BCUT2D eigenvalue weighted by atomic mass is 32.2. The molecule has 0 amide bonds. The number of benzene rings is 2. The minimum Gasteiger partial charge on any atom is -0.374 e. The second kappa shape index (κ2) is 8.77. The van der Waals surface area contributed by atoms with Crippen LogP contribution in [0.25, 0.3) is 0 Å². The molecule has 6 heteroatoms. The van der Waals surface area contributed by atoms with Gasteiger partial charge in [0.1, 0.15) is 0 Å². The Balaban J connectivity index is 1.41. The van der Waals surface area contributed by atoms with Crippen LogP contribution in [0.4, 0.5) is 0 Å². The van der Waals surface area contributed by atoms with Crippen LogP contribution in [0, 0.1) is 6.92 Å². The SMILES string of the molecule is Cc1ccc(S(=O)(=O)OCC2CC[C@@H](COCc3ccccc3)O2)cc1. The van der Waals surface area contributed by atoms with Gasteiger partial charge in [-0.3, -0.25) is 4.18 Å². The first-order valence-corrected chi connectivity index (χ1v) is 10.2. The topological polar surface area (TPSA) is 61.8 Å². The van der Waals surface area contributed by atoms with Crippen LogP contribution >= 0.6 is 0 Å². The number of hydrogen-bond donors (Lipinski definition) is 0. The fourth-order valence-electron chi connectivity index (χ4n) is 2.85.